The van der Waals surface area contributed by atoms with Crippen LogP contribution in [0, 0.1) is 5.41 Å². The Labute approximate surface area is 124 Å². The molecule has 0 saturated carbocycles. The van der Waals surface area contributed by atoms with Gasteiger partial charge in [0.05, 0.1) is 11.7 Å². The van der Waals surface area contributed by atoms with E-state index in [1.54, 1.807) is 11.6 Å². The number of hydrogen-bond donors (Lipinski definition) is 1. The monoisotopic (exact) mass is 315 g/mol. The maximum Gasteiger partial charge on any atom is 0.309 e. The molecule has 0 amide bonds. The molecule has 1 aliphatic rings. The number of carboxylic acid groups (broad SMARTS) is 1. The molecule has 1 fully saturated rings. The summed E-state index contributed by atoms with van der Waals surface area (Å²) in [5, 5.41) is 9.46. The van der Waals surface area contributed by atoms with Gasteiger partial charge >= 0.3 is 5.97 Å². The van der Waals surface area contributed by atoms with Gasteiger partial charge in [-0.3, -0.25) is 4.79 Å². The van der Waals surface area contributed by atoms with Crippen molar-refractivity contribution in [3.05, 3.63) is 12.5 Å². The third-order valence-electron chi connectivity index (χ3n) is 4.15. The van der Waals surface area contributed by atoms with Crippen LogP contribution in [-0.4, -0.2) is 46.4 Å². The van der Waals surface area contributed by atoms with Crippen LogP contribution in [0.5, 0.6) is 0 Å². The highest BCUT2D eigenvalue weighted by molar-refractivity contribution is 7.89. The molecule has 0 unspecified atom stereocenters. The first-order valence-electron chi connectivity index (χ1n) is 7.03. The highest BCUT2D eigenvalue weighted by Crippen LogP contribution is 2.37. The van der Waals surface area contributed by atoms with Crippen LogP contribution in [0.15, 0.2) is 17.6 Å². The number of carboxylic acids is 1. The average molecular weight is 315 g/mol. The molecule has 8 heteroatoms. The van der Waals surface area contributed by atoms with Crippen molar-refractivity contribution >= 4 is 16.0 Å². The number of sulfonamides is 1. The predicted octanol–water partition coefficient (Wildman–Crippen LogP) is 1.08. The molecule has 0 bridgehead atoms. The first-order valence-corrected chi connectivity index (χ1v) is 8.47. The van der Waals surface area contributed by atoms with Crippen LogP contribution in [0.2, 0.25) is 0 Å². The zero-order chi connectivity index (χ0) is 15.7. The van der Waals surface area contributed by atoms with E-state index in [9.17, 15) is 18.3 Å². The van der Waals surface area contributed by atoms with Crippen LogP contribution in [0.25, 0.3) is 0 Å². The van der Waals surface area contributed by atoms with E-state index in [0.717, 1.165) is 6.42 Å². The fraction of sp³-hybridized carbons (Fsp3) is 0.692. The SMILES string of the molecule is CCCC1(C(=O)O)CCN(S(=O)(=O)c2cn(C)cn2)CC1. The Morgan fingerprint density at radius 2 is 2.05 bits per heavy atom. The van der Waals surface area contributed by atoms with E-state index in [4.69, 9.17) is 0 Å². The molecule has 0 atom stereocenters. The lowest BCUT2D eigenvalue weighted by molar-refractivity contribution is -0.152. The largest absolute Gasteiger partial charge is 0.481 e. The highest BCUT2D eigenvalue weighted by atomic mass is 32.2. The molecule has 118 valence electrons. The second-order valence-corrected chi connectivity index (χ2v) is 7.50. The molecular weight excluding hydrogens is 294 g/mol. The van der Waals surface area contributed by atoms with Crippen LogP contribution in [-0.2, 0) is 21.9 Å². The molecule has 1 aliphatic heterocycles. The van der Waals surface area contributed by atoms with E-state index in [2.05, 4.69) is 4.98 Å². The van der Waals surface area contributed by atoms with Crippen LogP contribution in [0.1, 0.15) is 32.6 Å². The smallest absolute Gasteiger partial charge is 0.309 e. The Bertz CT molecular complexity index is 615. The number of nitrogens with zero attached hydrogens (tertiary/aromatic N) is 3. The molecular formula is C13H21N3O4S. The fourth-order valence-electron chi connectivity index (χ4n) is 2.86. The zero-order valence-electron chi connectivity index (χ0n) is 12.3. The number of imidazole rings is 1. The topological polar surface area (TPSA) is 92.5 Å². The van der Waals surface area contributed by atoms with Crippen molar-refractivity contribution in [3.8, 4) is 0 Å². The number of aryl methyl sites for hydroxylation is 1. The molecule has 0 aromatic carbocycles. The molecule has 7 nitrogen and oxygen atoms in total. The molecule has 1 N–H and O–H groups in total. The van der Waals surface area contributed by atoms with Crippen molar-refractivity contribution in [2.24, 2.45) is 12.5 Å². The molecule has 1 saturated heterocycles. The summed E-state index contributed by atoms with van der Waals surface area (Å²) in [6.45, 7) is 2.40. The van der Waals surface area contributed by atoms with Gasteiger partial charge in [-0.25, -0.2) is 13.4 Å². The highest BCUT2D eigenvalue weighted by Gasteiger charge is 2.43. The van der Waals surface area contributed by atoms with Gasteiger partial charge in [-0.05, 0) is 19.3 Å². The van der Waals surface area contributed by atoms with Gasteiger partial charge in [0.25, 0.3) is 10.0 Å². The summed E-state index contributed by atoms with van der Waals surface area (Å²) in [7, 11) is -1.92. The maximum absolute atomic E-state index is 12.4. The van der Waals surface area contributed by atoms with Gasteiger partial charge in [0.1, 0.15) is 0 Å². The van der Waals surface area contributed by atoms with E-state index >= 15 is 0 Å². The Hall–Kier alpha value is -1.41. The van der Waals surface area contributed by atoms with Gasteiger partial charge in [-0.2, -0.15) is 4.31 Å². The second-order valence-electron chi connectivity index (χ2n) is 5.62. The molecule has 0 radical (unpaired) electrons. The third-order valence-corrected chi connectivity index (χ3v) is 5.93. The maximum atomic E-state index is 12.4. The zero-order valence-corrected chi connectivity index (χ0v) is 13.1. The number of piperidine rings is 1. The van der Waals surface area contributed by atoms with Gasteiger partial charge in [-0.1, -0.05) is 13.3 Å². The minimum absolute atomic E-state index is 0.0170. The lowest BCUT2D eigenvalue weighted by Crippen LogP contribution is -2.46. The first kappa shape index (κ1) is 16.0. The lowest BCUT2D eigenvalue weighted by Gasteiger charge is -2.37. The van der Waals surface area contributed by atoms with Crippen LogP contribution >= 0.6 is 0 Å². The average Bonchev–Trinajstić information content (AvgIpc) is 2.87. The minimum Gasteiger partial charge on any atom is -0.481 e. The third kappa shape index (κ3) is 2.96. The molecule has 2 rings (SSSR count). The second kappa shape index (κ2) is 5.76. The number of aromatic nitrogens is 2. The minimum atomic E-state index is -3.62. The molecule has 1 aromatic heterocycles. The number of carbonyl (C=O) groups is 1. The summed E-state index contributed by atoms with van der Waals surface area (Å²) in [6, 6.07) is 0. The van der Waals surface area contributed by atoms with E-state index in [1.807, 2.05) is 6.92 Å². The molecule has 0 aliphatic carbocycles. The quantitative estimate of drug-likeness (QED) is 0.877. The van der Waals surface area contributed by atoms with Gasteiger partial charge in [0.2, 0.25) is 0 Å². The van der Waals surface area contributed by atoms with Crippen LogP contribution < -0.4 is 0 Å². The number of rotatable bonds is 5. The van der Waals surface area contributed by atoms with Crippen molar-refractivity contribution in [2.45, 2.75) is 37.6 Å². The Kier molecular flexibility index (Phi) is 4.38. The summed E-state index contributed by atoms with van der Waals surface area (Å²) < 4.78 is 27.8. The predicted molar refractivity (Wildman–Crippen MR) is 76.2 cm³/mol. The van der Waals surface area contributed by atoms with Gasteiger partial charge in [0, 0.05) is 26.3 Å². The summed E-state index contributed by atoms with van der Waals surface area (Å²) >= 11 is 0. The normalized spacial score (nSPS) is 19.5. The standard InChI is InChI=1S/C13H21N3O4S/c1-3-4-13(12(17)18)5-7-16(8-6-13)21(19,20)11-9-15(2)10-14-11/h9-10H,3-8H2,1-2H3,(H,17,18). The van der Waals surface area contributed by atoms with Crippen LogP contribution in [0.3, 0.4) is 0 Å². The van der Waals surface area contributed by atoms with E-state index in [0.29, 0.717) is 19.3 Å². The van der Waals surface area contributed by atoms with Gasteiger partial charge in [0.15, 0.2) is 5.03 Å². The summed E-state index contributed by atoms with van der Waals surface area (Å²) in [5.41, 5.74) is -0.787. The Morgan fingerprint density at radius 3 is 2.48 bits per heavy atom. The van der Waals surface area contributed by atoms with E-state index in [-0.39, 0.29) is 18.1 Å². The van der Waals surface area contributed by atoms with Crippen LogP contribution in [0.4, 0.5) is 0 Å². The molecule has 0 spiro atoms. The Morgan fingerprint density at radius 1 is 1.43 bits per heavy atom. The first-order chi connectivity index (χ1) is 9.82. The number of aliphatic carboxylic acids is 1. The van der Waals surface area contributed by atoms with Crippen molar-refractivity contribution < 1.29 is 18.3 Å². The van der Waals surface area contributed by atoms with Crippen molar-refractivity contribution in [3.63, 3.8) is 0 Å². The summed E-state index contributed by atoms with van der Waals surface area (Å²) in [4.78, 5) is 15.4. The summed E-state index contributed by atoms with van der Waals surface area (Å²) in [6.07, 6.45) is 4.96. The van der Waals surface area contributed by atoms with Crippen molar-refractivity contribution in [1.82, 2.24) is 13.9 Å². The number of hydrogen-bond acceptors (Lipinski definition) is 4. The van der Waals surface area contributed by atoms with E-state index < -0.39 is 21.4 Å². The van der Waals surface area contributed by atoms with Crippen molar-refractivity contribution in [1.29, 1.82) is 0 Å². The van der Waals surface area contributed by atoms with Gasteiger partial charge in [-0.15, -0.1) is 0 Å². The molecule has 1 aromatic rings. The van der Waals surface area contributed by atoms with Crippen molar-refractivity contribution in [2.75, 3.05) is 13.1 Å². The fourth-order valence-corrected chi connectivity index (χ4v) is 4.27. The van der Waals surface area contributed by atoms with E-state index in [1.165, 1.54) is 16.8 Å². The molecule has 21 heavy (non-hydrogen) atoms. The lowest BCUT2D eigenvalue weighted by atomic mass is 9.75. The summed E-state index contributed by atoms with van der Waals surface area (Å²) in [5.74, 6) is -0.820. The Balaban J connectivity index is 2.15. The molecule has 2 heterocycles. The van der Waals surface area contributed by atoms with Gasteiger partial charge < -0.3 is 9.67 Å².